The molecule has 0 atom stereocenters. The fourth-order valence-corrected chi connectivity index (χ4v) is 4.16. The quantitative estimate of drug-likeness (QED) is 0.593. The Morgan fingerprint density at radius 1 is 1.18 bits per heavy atom. The maximum absolute atomic E-state index is 13.1. The summed E-state index contributed by atoms with van der Waals surface area (Å²) in [5, 5.41) is 18.0. The number of nitrogens with one attached hydrogen (secondary N) is 1. The maximum Gasteiger partial charge on any atom is 0.258 e. The molecule has 1 amide bonds. The zero-order valence-electron chi connectivity index (χ0n) is 17.4. The third kappa shape index (κ3) is 3.92. The molecule has 0 radical (unpaired) electrons. The summed E-state index contributed by atoms with van der Waals surface area (Å²) in [6.07, 6.45) is 3.74. The van der Waals surface area contributed by atoms with E-state index in [1.165, 1.54) is 11.3 Å². The minimum atomic E-state index is -0.204. The molecule has 0 fully saturated rings. The molecule has 3 heterocycles. The number of aromatic nitrogens is 5. The molecule has 7 nitrogen and oxygen atoms in total. The number of nitrogens with zero attached hydrogens (tertiary/aromatic N) is 5. The van der Waals surface area contributed by atoms with Crippen LogP contribution in [-0.2, 0) is 0 Å². The van der Waals surface area contributed by atoms with Crippen LogP contribution < -0.4 is 5.32 Å². The summed E-state index contributed by atoms with van der Waals surface area (Å²) in [7, 11) is 0. The van der Waals surface area contributed by atoms with Crippen LogP contribution in [0.2, 0.25) is 0 Å². The average molecular weight is 401 g/mol. The molecule has 0 saturated carbocycles. The van der Waals surface area contributed by atoms with E-state index in [9.17, 15) is 4.79 Å². The number of fused-ring (bicyclic) bond motifs is 1. The van der Waals surface area contributed by atoms with Crippen molar-refractivity contribution in [3.05, 3.63) is 28.5 Å². The van der Waals surface area contributed by atoms with E-state index in [1.807, 2.05) is 10.7 Å². The zero-order chi connectivity index (χ0) is 20.4. The molecule has 0 bridgehead atoms. The number of carbonyl (C=O) groups excluding carboxylic acids is 1. The Morgan fingerprint density at radius 3 is 2.50 bits per heavy atom. The van der Waals surface area contributed by atoms with Gasteiger partial charge in [0.25, 0.3) is 5.91 Å². The van der Waals surface area contributed by atoms with Crippen LogP contribution in [0.3, 0.4) is 0 Å². The van der Waals surface area contributed by atoms with Gasteiger partial charge in [-0.3, -0.25) is 10.1 Å². The maximum atomic E-state index is 13.1. The van der Waals surface area contributed by atoms with Gasteiger partial charge in [0.2, 0.25) is 5.13 Å². The molecule has 3 rings (SSSR count). The number of amides is 1. The van der Waals surface area contributed by atoms with Gasteiger partial charge >= 0.3 is 0 Å². The van der Waals surface area contributed by atoms with Crippen LogP contribution in [0.5, 0.6) is 0 Å². The van der Waals surface area contributed by atoms with Crippen molar-refractivity contribution in [2.24, 2.45) is 0 Å². The van der Waals surface area contributed by atoms with Gasteiger partial charge in [0.05, 0.1) is 17.1 Å². The zero-order valence-corrected chi connectivity index (χ0v) is 18.2. The molecule has 8 heteroatoms. The normalized spacial score (nSPS) is 11.9. The lowest BCUT2D eigenvalue weighted by atomic mass is 10.0. The molecule has 0 aliphatic heterocycles. The van der Waals surface area contributed by atoms with Crippen molar-refractivity contribution in [3.63, 3.8) is 0 Å². The molecule has 0 aliphatic rings. The number of hydrogen-bond donors (Lipinski definition) is 1. The van der Waals surface area contributed by atoms with Crippen LogP contribution in [0, 0.1) is 0 Å². The van der Waals surface area contributed by atoms with Crippen molar-refractivity contribution in [1.29, 1.82) is 0 Å². The van der Waals surface area contributed by atoms with Crippen molar-refractivity contribution in [1.82, 2.24) is 25.0 Å². The average Bonchev–Trinajstić information content (AvgIpc) is 3.28. The largest absolute Gasteiger partial charge is 0.296 e. The predicted octanol–water partition coefficient (Wildman–Crippen LogP) is 5.14. The van der Waals surface area contributed by atoms with Crippen molar-refractivity contribution in [2.45, 2.75) is 72.3 Å². The minimum absolute atomic E-state index is 0.161. The molecule has 0 unspecified atom stereocenters. The number of rotatable bonds is 7. The fraction of sp³-hybridized carbons (Fsp3) is 0.550. The SMILES string of the molecule is CCC(CC)c1nnc(NC(=O)c2cc(C(C)C)nc3c2cnn3C(C)C)s1. The van der Waals surface area contributed by atoms with Crippen LogP contribution in [-0.4, -0.2) is 30.9 Å². The van der Waals surface area contributed by atoms with Gasteiger partial charge in [0, 0.05) is 17.7 Å². The van der Waals surface area contributed by atoms with Crippen LogP contribution in [0.25, 0.3) is 11.0 Å². The number of carbonyl (C=O) groups is 1. The molecule has 0 aromatic carbocycles. The Bertz CT molecular complexity index is 970. The first-order valence-electron chi connectivity index (χ1n) is 9.88. The molecule has 28 heavy (non-hydrogen) atoms. The molecule has 3 aromatic heterocycles. The van der Waals surface area contributed by atoms with Gasteiger partial charge in [0.1, 0.15) is 5.01 Å². The molecule has 0 spiro atoms. The third-order valence-corrected chi connectivity index (χ3v) is 5.91. The van der Waals surface area contributed by atoms with Crippen molar-refractivity contribution in [3.8, 4) is 0 Å². The first kappa shape index (κ1) is 20.4. The Labute approximate surface area is 169 Å². The van der Waals surface area contributed by atoms with E-state index in [4.69, 9.17) is 4.98 Å². The summed E-state index contributed by atoms with van der Waals surface area (Å²) in [6.45, 7) is 12.5. The van der Waals surface area contributed by atoms with Gasteiger partial charge < -0.3 is 0 Å². The molecular formula is C20H28N6OS. The third-order valence-electron chi connectivity index (χ3n) is 4.91. The van der Waals surface area contributed by atoms with Crippen molar-refractivity contribution >= 4 is 33.4 Å². The first-order valence-corrected chi connectivity index (χ1v) is 10.7. The topological polar surface area (TPSA) is 85.6 Å². The Hall–Kier alpha value is -2.35. The Balaban J connectivity index is 1.97. The molecule has 0 aliphatic carbocycles. The van der Waals surface area contributed by atoms with Crippen molar-refractivity contribution in [2.75, 3.05) is 5.32 Å². The highest BCUT2D eigenvalue weighted by atomic mass is 32.1. The van der Waals surface area contributed by atoms with E-state index in [-0.39, 0.29) is 17.9 Å². The van der Waals surface area contributed by atoms with Crippen LogP contribution in [0.15, 0.2) is 12.3 Å². The predicted molar refractivity (Wildman–Crippen MR) is 113 cm³/mol. The Morgan fingerprint density at radius 2 is 1.89 bits per heavy atom. The van der Waals surface area contributed by atoms with E-state index >= 15 is 0 Å². The summed E-state index contributed by atoms with van der Waals surface area (Å²) in [6, 6.07) is 2.02. The highest BCUT2D eigenvalue weighted by Gasteiger charge is 2.21. The summed E-state index contributed by atoms with van der Waals surface area (Å²) >= 11 is 1.45. The molecule has 0 saturated heterocycles. The van der Waals surface area contributed by atoms with Crippen molar-refractivity contribution < 1.29 is 4.79 Å². The molecule has 150 valence electrons. The monoisotopic (exact) mass is 400 g/mol. The second-order valence-electron chi connectivity index (χ2n) is 7.58. The number of hydrogen-bond acceptors (Lipinski definition) is 6. The lowest BCUT2D eigenvalue weighted by Gasteiger charge is -2.11. The molecular weight excluding hydrogens is 372 g/mol. The number of anilines is 1. The smallest absolute Gasteiger partial charge is 0.258 e. The van der Waals surface area contributed by atoms with Gasteiger partial charge in [-0.2, -0.15) is 5.10 Å². The lowest BCUT2D eigenvalue weighted by Crippen LogP contribution is -2.14. The van der Waals surface area contributed by atoms with E-state index < -0.39 is 0 Å². The summed E-state index contributed by atoms with van der Waals surface area (Å²) in [4.78, 5) is 17.8. The highest BCUT2D eigenvalue weighted by molar-refractivity contribution is 7.15. The second-order valence-corrected chi connectivity index (χ2v) is 8.59. The van der Waals surface area contributed by atoms with Gasteiger partial charge in [-0.05, 0) is 38.7 Å². The van der Waals surface area contributed by atoms with E-state index in [2.05, 4.69) is 62.2 Å². The molecule has 1 N–H and O–H groups in total. The summed E-state index contributed by atoms with van der Waals surface area (Å²) < 4.78 is 1.86. The standard InChI is InChI=1S/C20H28N6OS/c1-7-13(8-2)19-24-25-20(28-19)23-18(27)14-9-16(11(3)4)22-17-15(14)10-21-26(17)12(5)6/h9-13H,7-8H2,1-6H3,(H,23,25,27). The van der Waals surface area contributed by atoms with Gasteiger partial charge in [-0.1, -0.05) is 39.0 Å². The first-order chi connectivity index (χ1) is 13.3. The van der Waals surface area contributed by atoms with Gasteiger partial charge in [-0.15, -0.1) is 10.2 Å². The lowest BCUT2D eigenvalue weighted by molar-refractivity contribution is 0.102. The van der Waals surface area contributed by atoms with Crippen LogP contribution in [0.4, 0.5) is 5.13 Å². The second kappa shape index (κ2) is 8.34. The van der Waals surface area contributed by atoms with Crippen LogP contribution >= 0.6 is 11.3 Å². The van der Waals surface area contributed by atoms with Crippen LogP contribution in [0.1, 0.15) is 93.3 Å². The van der Waals surface area contributed by atoms with Gasteiger partial charge in [-0.25, -0.2) is 9.67 Å². The van der Waals surface area contributed by atoms with E-state index in [0.29, 0.717) is 16.6 Å². The number of pyridine rings is 1. The molecule has 3 aromatic rings. The van der Waals surface area contributed by atoms with Gasteiger partial charge in [0.15, 0.2) is 5.65 Å². The highest BCUT2D eigenvalue weighted by Crippen LogP contribution is 2.29. The minimum Gasteiger partial charge on any atom is -0.296 e. The van der Waals surface area contributed by atoms with E-state index in [1.54, 1.807) is 6.20 Å². The summed E-state index contributed by atoms with van der Waals surface area (Å²) in [5.41, 5.74) is 2.18. The fourth-order valence-electron chi connectivity index (χ4n) is 3.15. The Kier molecular flexibility index (Phi) is 6.07. The van der Waals surface area contributed by atoms with E-state index in [0.717, 1.165) is 34.6 Å². The summed E-state index contributed by atoms with van der Waals surface area (Å²) in [5.74, 6) is 0.381.